The lowest BCUT2D eigenvalue weighted by molar-refractivity contribution is 0.104. The zero-order valence-corrected chi connectivity index (χ0v) is 18.8. The number of fused-ring (bicyclic) bond motifs is 1. The number of halogens is 1. The first-order valence-corrected chi connectivity index (χ1v) is 11.5. The first kappa shape index (κ1) is 22.5. The second kappa shape index (κ2) is 9.41. The average molecular weight is 483 g/mol. The summed E-state index contributed by atoms with van der Waals surface area (Å²) in [6.07, 6.45) is 3.19. The molecule has 0 atom stereocenters. The Labute approximate surface area is 195 Å². The summed E-state index contributed by atoms with van der Waals surface area (Å²) in [5.74, 6) is 0. The molecule has 0 bridgehead atoms. The van der Waals surface area contributed by atoms with E-state index in [1.54, 1.807) is 54.7 Å². The Hall–Kier alpha value is -3.73. The van der Waals surface area contributed by atoms with Crippen LogP contribution in [0.1, 0.15) is 5.56 Å². The van der Waals surface area contributed by atoms with Crippen LogP contribution < -0.4 is 10.2 Å². The fraction of sp³-hybridized carbons (Fsp3) is 0.0455. The van der Waals surface area contributed by atoms with Gasteiger partial charge in [-0.05, 0) is 48.0 Å². The Morgan fingerprint density at radius 3 is 2.73 bits per heavy atom. The molecule has 0 aliphatic heterocycles. The third-order valence-corrected chi connectivity index (χ3v) is 6.18. The van der Waals surface area contributed by atoms with Crippen molar-refractivity contribution in [1.29, 1.82) is 0 Å². The third kappa shape index (κ3) is 4.87. The molecule has 0 fully saturated rings. The molecule has 11 heteroatoms. The van der Waals surface area contributed by atoms with Crippen LogP contribution in [0.25, 0.3) is 22.5 Å². The van der Waals surface area contributed by atoms with Crippen LogP contribution in [-0.2, 0) is 14.9 Å². The van der Waals surface area contributed by atoms with Crippen molar-refractivity contribution < 1.29 is 13.3 Å². The highest BCUT2D eigenvalue weighted by Gasteiger charge is 2.19. The molecule has 0 aliphatic rings. The number of aromatic nitrogens is 4. The minimum Gasteiger partial charge on any atom is -0.277 e. The highest BCUT2D eigenvalue weighted by molar-refractivity contribution is 7.92. The molecular formula is C22H19ClN6O3S. The minimum absolute atomic E-state index is 0.0667. The van der Waals surface area contributed by atoms with Crippen molar-refractivity contribution in [1.82, 2.24) is 25.5 Å². The molecule has 0 aliphatic carbocycles. The monoisotopic (exact) mass is 482 g/mol. The Morgan fingerprint density at radius 2 is 1.97 bits per heavy atom. The highest BCUT2D eigenvalue weighted by atomic mass is 35.5. The molecule has 0 saturated carbocycles. The number of nitrogens with zero attached hydrogens (tertiary/aromatic N) is 4. The summed E-state index contributed by atoms with van der Waals surface area (Å²) in [6, 6.07) is 14.5. The summed E-state index contributed by atoms with van der Waals surface area (Å²) in [6.45, 7) is 7.72. The number of sulfonamides is 1. The molecule has 0 spiro atoms. The number of nitrogens with one attached hydrogen (secondary N) is 2. The predicted molar refractivity (Wildman–Crippen MR) is 127 cm³/mol. The normalized spacial score (nSPS) is 11.3. The molecule has 4 rings (SSSR count). The van der Waals surface area contributed by atoms with Crippen LogP contribution in [0, 0.1) is 0 Å². The summed E-state index contributed by atoms with van der Waals surface area (Å²) >= 11 is 6.18. The number of hydroxylamine groups is 1. The van der Waals surface area contributed by atoms with Crippen LogP contribution in [0.15, 0.2) is 84.9 Å². The largest absolute Gasteiger partial charge is 0.277 e. The maximum absolute atomic E-state index is 13.1. The summed E-state index contributed by atoms with van der Waals surface area (Å²) in [7, 11) is -3.92. The fourth-order valence-electron chi connectivity index (χ4n) is 3.00. The van der Waals surface area contributed by atoms with E-state index in [-0.39, 0.29) is 10.6 Å². The van der Waals surface area contributed by atoms with Gasteiger partial charge in [-0.25, -0.2) is 18.1 Å². The minimum atomic E-state index is -3.92. The van der Waals surface area contributed by atoms with E-state index in [9.17, 15) is 8.42 Å². The van der Waals surface area contributed by atoms with E-state index < -0.39 is 10.0 Å². The van der Waals surface area contributed by atoms with Gasteiger partial charge in [0.15, 0.2) is 0 Å². The van der Waals surface area contributed by atoms with Gasteiger partial charge in [0, 0.05) is 11.2 Å². The molecule has 2 aromatic carbocycles. The van der Waals surface area contributed by atoms with Gasteiger partial charge >= 0.3 is 0 Å². The zero-order chi connectivity index (χ0) is 23.4. The molecular weight excluding hydrogens is 464 g/mol. The number of anilines is 1. The molecule has 0 amide bonds. The SMILES string of the molecule is C=CCONC(=C)c1ccc(S(=O)(=O)Nc2ccc(Cl)cc2-n2nnc3ncccc32)cc1. The molecule has 2 heterocycles. The van der Waals surface area contributed by atoms with E-state index >= 15 is 0 Å². The van der Waals surface area contributed by atoms with Crippen LogP contribution in [0.5, 0.6) is 0 Å². The van der Waals surface area contributed by atoms with Gasteiger partial charge in [-0.3, -0.25) is 15.0 Å². The van der Waals surface area contributed by atoms with Crippen LogP contribution in [0.4, 0.5) is 5.69 Å². The molecule has 4 aromatic rings. The molecule has 2 aromatic heterocycles. The van der Waals surface area contributed by atoms with E-state index in [1.165, 1.54) is 16.8 Å². The lowest BCUT2D eigenvalue weighted by Crippen LogP contribution is -2.15. The highest BCUT2D eigenvalue weighted by Crippen LogP contribution is 2.28. The van der Waals surface area contributed by atoms with Crippen LogP contribution in [0.2, 0.25) is 5.02 Å². The molecule has 0 radical (unpaired) electrons. The van der Waals surface area contributed by atoms with Crippen molar-refractivity contribution in [2.24, 2.45) is 0 Å². The first-order valence-electron chi connectivity index (χ1n) is 9.66. The van der Waals surface area contributed by atoms with Gasteiger partial charge in [0.05, 0.1) is 28.6 Å². The molecule has 2 N–H and O–H groups in total. The number of hydrogen-bond acceptors (Lipinski definition) is 7. The average Bonchev–Trinajstić information content (AvgIpc) is 3.24. The van der Waals surface area contributed by atoms with Crippen LogP contribution >= 0.6 is 11.6 Å². The molecule has 0 unspecified atom stereocenters. The van der Waals surface area contributed by atoms with E-state index in [2.05, 4.69) is 38.7 Å². The van der Waals surface area contributed by atoms with Gasteiger partial charge in [-0.1, -0.05) is 41.6 Å². The number of hydrogen-bond donors (Lipinski definition) is 2. The van der Waals surface area contributed by atoms with Gasteiger partial charge in [-0.15, -0.1) is 11.7 Å². The quantitative estimate of drug-likeness (QED) is 0.211. The maximum atomic E-state index is 13.1. The standard InChI is InChI=1S/C22H19ClN6O3S/c1-3-13-32-26-15(2)16-6-9-18(10-7-16)33(30,31)27-19-11-8-17(23)14-21(19)29-20-5-4-12-24-22(20)25-28-29/h3-12,14,26-27H,1-2,13H2. The fourth-order valence-corrected chi connectivity index (χ4v) is 4.24. The van der Waals surface area contributed by atoms with Gasteiger partial charge < -0.3 is 0 Å². The number of benzene rings is 2. The van der Waals surface area contributed by atoms with Crippen molar-refractivity contribution in [3.8, 4) is 5.69 Å². The predicted octanol–water partition coefficient (Wildman–Crippen LogP) is 3.95. The van der Waals surface area contributed by atoms with Crippen molar-refractivity contribution in [2.75, 3.05) is 11.3 Å². The number of pyridine rings is 1. The Kier molecular flexibility index (Phi) is 6.40. The van der Waals surface area contributed by atoms with Crippen molar-refractivity contribution in [2.45, 2.75) is 4.90 Å². The topological polar surface area (TPSA) is 111 Å². The smallest absolute Gasteiger partial charge is 0.261 e. The zero-order valence-electron chi connectivity index (χ0n) is 17.3. The Morgan fingerprint density at radius 1 is 1.18 bits per heavy atom. The van der Waals surface area contributed by atoms with E-state index in [0.29, 0.717) is 39.7 Å². The van der Waals surface area contributed by atoms with Gasteiger partial charge in [0.2, 0.25) is 5.65 Å². The summed E-state index contributed by atoms with van der Waals surface area (Å²) in [5, 5.41) is 8.54. The molecule has 0 saturated heterocycles. The summed E-state index contributed by atoms with van der Waals surface area (Å²) in [5.41, 5.74) is 5.56. The molecule has 33 heavy (non-hydrogen) atoms. The number of rotatable bonds is 9. The Balaban J connectivity index is 1.63. The lowest BCUT2D eigenvalue weighted by atomic mass is 10.2. The van der Waals surface area contributed by atoms with Crippen LogP contribution in [-0.4, -0.2) is 35.0 Å². The van der Waals surface area contributed by atoms with Gasteiger partial charge in [0.1, 0.15) is 5.52 Å². The third-order valence-electron chi connectivity index (χ3n) is 4.57. The maximum Gasteiger partial charge on any atom is 0.261 e. The van der Waals surface area contributed by atoms with Gasteiger partial charge in [-0.2, -0.15) is 0 Å². The second-order valence-electron chi connectivity index (χ2n) is 6.82. The summed E-state index contributed by atoms with van der Waals surface area (Å²) in [4.78, 5) is 9.36. The Bertz CT molecular complexity index is 1430. The summed E-state index contributed by atoms with van der Waals surface area (Å²) < 4.78 is 30.3. The lowest BCUT2D eigenvalue weighted by Gasteiger charge is -2.14. The molecule has 9 nitrogen and oxygen atoms in total. The van der Waals surface area contributed by atoms with Crippen molar-refractivity contribution in [3.63, 3.8) is 0 Å². The second-order valence-corrected chi connectivity index (χ2v) is 8.94. The van der Waals surface area contributed by atoms with E-state index in [1.807, 2.05) is 0 Å². The molecule has 168 valence electrons. The van der Waals surface area contributed by atoms with Crippen LogP contribution in [0.3, 0.4) is 0 Å². The van der Waals surface area contributed by atoms with E-state index in [0.717, 1.165) is 0 Å². The van der Waals surface area contributed by atoms with Crippen molar-refractivity contribution in [3.05, 3.63) is 90.6 Å². The van der Waals surface area contributed by atoms with Gasteiger partial charge in [0.25, 0.3) is 10.0 Å². The van der Waals surface area contributed by atoms with E-state index in [4.69, 9.17) is 16.4 Å². The van der Waals surface area contributed by atoms with Crippen molar-refractivity contribution >= 4 is 44.2 Å². The first-order chi connectivity index (χ1) is 15.9.